The van der Waals surface area contributed by atoms with Crippen LogP contribution in [0.2, 0.25) is 10.0 Å². The Hall–Kier alpha value is -1.62. The summed E-state index contributed by atoms with van der Waals surface area (Å²) in [4.78, 5) is 16.1. The number of hydrogen-bond acceptors (Lipinski definition) is 2. The molecule has 1 N–H and O–H groups in total. The molecule has 118 valence electrons. The van der Waals surface area contributed by atoms with E-state index < -0.39 is 0 Å². The van der Waals surface area contributed by atoms with E-state index in [4.69, 9.17) is 35.4 Å². The molecule has 0 unspecified atom stereocenters. The van der Waals surface area contributed by atoms with Gasteiger partial charge in [0.25, 0.3) is 5.56 Å². The fourth-order valence-electron chi connectivity index (χ4n) is 2.51. The molecule has 0 amide bonds. The SMILES string of the molecule is Cc1cc2[nH]c(=S)n(-c3cc(C)c(Cl)cc3Cl)c(=O)c2cc1C. The highest BCUT2D eigenvalue weighted by atomic mass is 35.5. The average molecular weight is 365 g/mol. The first-order valence-electron chi connectivity index (χ1n) is 7.02. The zero-order valence-corrected chi connectivity index (χ0v) is 15.2. The van der Waals surface area contributed by atoms with Gasteiger partial charge < -0.3 is 4.98 Å². The van der Waals surface area contributed by atoms with Crippen molar-refractivity contribution in [2.45, 2.75) is 20.8 Å². The molecule has 0 saturated carbocycles. The maximum absolute atomic E-state index is 12.9. The number of aromatic nitrogens is 2. The standard InChI is InChI=1S/C17H14Cl2N2OS/c1-8-4-11-14(5-9(8)2)20-17(23)21(16(11)22)15-6-10(3)12(18)7-13(15)19/h4-7H,1-3H3,(H,20,23). The van der Waals surface area contributed by atoms with E-state index in [2.05, 4.69) is 4.98 Å². The lowest BCUT2D eigenvalue weighted by Crippen LogP contribution is -2.21. The first-order valence-corrected chi connectivity index (χ1v) is 8.18. The largest absolute Gasteiger partial charge is 0.331 e. The molecule has 0 spiro atoms. The van der Waals surface area contributed by atoms with Crippen LogP contribution in [0.5, 0.6) is 0 Å². The molecule has 0 aliphatic carbocycles. The maximum Gasteiger partial charge on any atom is 0.266 e. The van der Waals surface area contributed by atoms with Gasteiger partial charge in [-0.15, -0.1) is 0 Å². The van der Waals surface area contributed by atoms with E-state index in [-0.39, 0.29) is 5.56 Å². The minimum Gasteiger partial charge on any atom is -0.331 e. The van der Waals surface area contributed by atoms with Crippen LogP contribution in [0.25, 0.3) is 16.6 Å². The van der Waals surface area contributed by atoms with Crippen LogP contribution in [0.15, 0.2) is 29.1 Å². The van der Waals surface area contributed by atoms with Gasteiger partial charge in [-0.05, 0) is 73.9 Å². The van der Waals surface area contributed by atoms with Gasteiger partial charge in [0, 0.05) is 5.02 Å². The zero-order valence-electron chi connectivity index (χ0n) is 12.8. The number of nitrogens with one attached hydrogen (secondary N) is 1. The van der Waals surface area contributed by atoms with E-state index in [0.29, 0.717) is 25.9 Å². The van der Waals surface area contributed by atoms with Gasteiger partial charge >= 0.3 is 0 Å². The second-order valence-corrected chi connectivity index (χ2v) is 6.81. The Bertz CT molecular complexity index is 1070. The normalized spacial score (nSPS) is 11.2. The number of H-pyrrole nitrogens is 1. The highest BCUT2D eigenvalue weighted by molar-refractivity contribution is 7.71. The van der Waals surface area contributed by atoms with Gasteiger partial charge in [-0.25, -0.2) is 0 Å². The van der Waals surface area contributed by atoms with Crippen molar-refractivity contribution in [3.63, 3.8) is 0 Å². The molecule has 0 atom stereocenters. The molecule has 6 heteroatoms. The molecule has 0 aliphatic rings. The van der Waals surface area contributed by atoms with Gasteiger partial charge in [-0.2, -0.15) is 0 Å². The molecule has 0 fully saturated rings. The lowest BCUT2D eigenvalue weighted by Gasteiger charge is -2.12. The van der Waals surface area contributed by atoms with E-state index >= 15 is 0 Å². The van der Waals surface area contributed by atoms with Crippen LogP contribution in [0.1, 0.15) is 16.7 Å². The number of aryl methyl sites for hydroxylation is 3. The Kier molecular flexibility index (Phi) is 4.08. The smallest absolute Gasteiger partial charge is 0.266 e. The summed E-state index contributed by atoms with van der Waals surface area (Å²) in [6.45, 7) is 5.82. The summed E-state index contributed by atoms with van der Waals surface area (Å²) in [6, 6.07) is 7.19. The number of fused-ring (bicyclic) bond motifs is 1. The van der Waals surface area contributed by atoms with Crippen molar-refractivity contribution in [2.75, 3.05) is 0 Å². The van der Waals surface area contributed by atoms with Crippen LogP contribution in [0.4, 0.5) is 0 Å². The molecular formula is C17H14Cl2N2OS. The molecule has 0 aliphatic heterocycles. The number of hydrogen-bond donors (Lipinski definition) is 1. The Morgan fingerprint density at radius 2 is 1.61 bits per heavy atom. The lowest BCUT2D eigenvalue weighted by atomic mass is 10.1. The van der Waals surface area contributed by atoms with Crippen molar-refractivity contribution in [3.05, 3.63) is 66.1 Å². The monoisotopic (exact) mass is 364 g/mol. The highest BCUT2D eigenvalue weighted by Gasteiger charge is 2.13. The molecular weight excluding hydrogens is 351 g/mol. The van der Waals surface area contributed by atoms with Crippen molar-refractivity contribution in [3.8, 4) is 5.69 Å². The van der Waals surface area contributed by atoms with E-state index in [1.165, 1.54) is 4.57 Å². The third kappa shape index (κ3) is 2.71. The molecule has 23 heavy (non-hydrogen) atoms. The first-order chi connectivity index (χ1) is 10.8. The molecule has 3 aromatic rings. The topological polar surface area (TPSA) is 37.8 Å². The highest BCUT2D eigenvalue weighted by Crippen LogP contribution is 2.27. The quantitative estimate of drug-likeness (QED) is 0.596. The Labute approximate surface area is 148 Å². The molecule has 0 saturated heterocycles. The van der Waals surface area contributed by atoms with Gasteiger partial charge in [0.05, 0.1) is 21.6 Å². The summed E-state index contributed by atoms with van der Waals surface area (Å²) in [5.74, 6) is 0. The summed E-state index contributed by atoms with van der Waals surface area (Å²) in [6.07, 6.45) is 0. The second-order valence-electron chi connectivity index (χ2n) is 5.61. The summed E-state index contributed by atoms with van der Waals surface area (Å²) in [7, 11) is 0. The van der Waals surface area contributed by atoms with Crippen LogP contribution in [0.3, 0.4) is 0 Å². The van der Waals surface area contributed by atoms with E-state index in [9.17, 15) is 4.79 Å². The predicted octanol–water partition coefficient (Wildman–Crippen LogP) is 5.28. The maximum atomic E-state index is 12.9. The number of halogens is 2. The number of nitrogens with zero attached hydrogens (tertiary/aromatic N) is 1. The van der Waals surface area contributed by atoms with E-state index in [0.717, 1.165) is 22.2 Å². The third-order valence-corrected chi connectivity index (χ3v) is 4.98. The van der Waals surface area contributed by atoms with Gasteiger partial charge in [0.2, 0.25) is 0 Å². The fourth-order valence-corrected chi connectivity index (χ4v) is 3.27. The Morgan fingerprint density at radius 3 is 2.30 bits per heavy atom. The lowest BCUT2D eigenvalue weighted by molar-refractivity contribution is 0.937. The van der Waals surface area contributed by atoms with Crippen LogP contribution < -0.4 is 5.56 Å². The fraction of sp³-hybridized carbons (Fsp3) is 0.176. The molecule has 0 bridgehead atoms. The summed E-state index contributed by atoms with van der Waals surface area (Å²) < 4.78 is 1.72. The Morgan fingerprint density at radius 1 is 0.957 bits per heavy atom. The number of rotatable bonds is 1. The van der Waals surface area contributed by atoms with Gasteiger partial charge in [-0.3, -0.25) is 9.36 Å². The summed E-state index contributed by atoms with van der Waals surface area (Å²) in [5, 5.41) is 1.50. The number of benzene rings is 2. The van der Waals surface area contributed by atoms with Crippen molar-refractivity contribution >= 4 is 46.3 Å². The summed E-state index contributed by atoms with van der Waals surface area (Å²) in [5.41, 5.74) is 4.02. The van der Waals surface area contributed by atoms with Gasteiger partial charge in [0.15, 0.2) is 4.77 Å². The molecule has 1 heterocycles. The average Bonchev–Trinajstić information content (AvgIpc) is 2.47. The zero-order chi connectivity index (χ0) is 16.9. The molecule has 0 radical (unpaired) electrons. The minimum atomic E-state index is -0.199. The first kappa shape index (κ1) is 16.2. The minimum absolute atomic E-state index is 0.199. The van der Waals surface area contributed by atoms with Crippen molar-refractivity contribution in [2.24, 2.45) is 0 Å². The van der Waals surface area contributed by atoms with Crippen LogP contribution >= 0.6 is 35.4 Å². The molecule has 3 nitrogen and oxygen atoms in total. The molecule has 3 rings (SSSR count). The van der Waals surface area contributed by atoms with E-state index in [1.54, 1.807) is 12.1 Å². The second kappa shape index (κ2) is 5.78. The Balaban J connectivity index is 2.44. The van der Waals surface area contributed by atoms with E-state index in [1.807, 2.05) is 32.9 Å². The van der Waals surface area contributed by atoms with Crippen LogP contribution in [-0.2, 0) is 0 Å². The molecule has 1 aromatic heterocycles. The van der Waals surface area contributed by atoms with Crippen molar-refractivity contribution < 1.29 is 0 Å². The third-order valence-electron chi connectivity index (χ3n) is 3.98. The van der Waals surface area contributed by atoms with Crippen LogP contribution in [0, 0.1) is 25.5 Å². The van der Waals surface area contributed by atoms with Crippen molar-refractivity contribution in [1.29, 1.82) is 0 Å². The number of aromatic amines is 1. The van der Waals surface area contributed by atoms with Gasteiger partial charge in [0.1, 0.15) is 0 Å². The molecule has 2 aromatic carbocycles. The van der Waals surface area contributed by atoms with Crippen LogP contribution in [-0.4, -0.2) is 9.55 Å². The van der Waals surface area contributed by atoms with Crippen molar-refractivity contribution in [1.82, 2.24) is 9.55 Å². The van der Waals surface area contributed by atoms with Gasteiger partial charge in [-0.1, -0.05) is 23.2 Å². The summed E-state index contributed by atoms with van der Waals surface area (Å²) >= 11 is 17.7. The predicted molar refractivity (Wildman–Crippen MR) is 99.0 cm³/mol.